The van der Waals surface area contributed by atoms with E-state index in [-0.39, 0.29) is 12.2 Å². The number of rotatable bonds is 9. The van der Waals surface area contributed by atoms with Crippen LogP contribution in [-0.4, -0.2) is 68.9 Å². The van der Waals surface area contributed by atoms with Gasteiger partial charge in [-0.15, -0.1) is 0 Å². The molecule has 2 aromatic rings. The van der Waals surface area contributed by atoms with E-state index < -0.39 is 0 Å². The van der Waals surface area contributed by atoms with Crippen LogP contribution >= 0.6 is 0 Å². The number of hydrogen-bond donors (Lipinski definition) is 1. The number of cyclic esters (lactones) is 1. The fourth-order valence-corrected chi connectivity index (χ4v) is 4.26. The van der Waals surface area contributed by atoms with Gasteiger partial charge >= 0.3 is 6.09 Å². The Morgan fingerprint density at radius 3 is 2.56 bits per heavy atom. The lowest BCUT2D eigenvalue weighted by atomic mass is 10.0. The molecule has 2 aromatic carbocycles. The van der Waals surface area contributed by atoms with Crippen molar-refractivity contribution in [2.75, 3.05) is 53.0 Å². The van der Waals surface area contributed by atoms with Crippen molar-refractivity contribution < 1.29 is 19.0 Å². The molecule has 0 bridgehead atoms. The largest absolute Gasteiger partial charge is 0.493 e. The number of piperazine rings is 1. The average molecular weight is 440 g/mol. The second-order valence-corrected chi connectivity index (χ2v) is 8.33. The Morgan fingerprint density at radius 1 is 1.03 bits per heavy atom. The summed E-state index contributed by atoms with van der Waals surface area (Å²) in [4.78, 5) is 16.6. The first kappa shape index (κ1) is 22.4. The summed E-state index contributed by atoms with van der Waals surface area (Å²) in [6.45, 7) is 7.66. The smallest absolute Gasteiger partial charge is 0.407 e. The van der Waals surface area contributed by atoms with Crippen molar-refractivity contribution >= 4 is 6.09 Å². The van der Waals surface area contributed by atoms with E-state index in [4.69, 9.17) is 14.2 Å². The molecule has 2 saturated heterocycles. The molecule has 1 N–H and O–H groups in total. The summed E-state index contributed by atoms with van der Waals surface area (Å²) in [5.74, 6) is 1.40. The third-order valence-corrected chi connectivity index (χ3v) is 6.07. The average Bonchev–Trinajstić information content (AvgIpc) is 2.83. The monoisotopic (exact) mass is 439 g/mol. The highest BCUT2D eigenvalue weighted by atomic mass is 16.6. The molecular formula is C25H33N3O4. The van der Waals surface area contributed by atoms with Crippen LogP contribution in [-0.2, 0) is 11.3 Å². The van der Waals surface area contributed by atoms with Crippen LogP contribution in [0, 0.1) is 0 Å². The molecule has 0 aliphatic carbocycles. The number of amides is 1. The molecule has 2 heterocycles. The van der Waals surface area contributed by atoms with Crippen molar-refractivity contribution in [3.05, 3.63) is 59.7 Å². The van der Waals surface area contributed by atoms with Crippen LogP contribution in [0.1, 0.15) is 30.1 Å². The molecule has 1 atom stereocenters. The van der Waals surface area contributed by atoms with Gasteiger partial charge in [0.2, 0.25) is 0 Å². The third-order valence-electron chi connectivity index (χ3n) is 6.07. The predicted octanol–water partition coefficient (Wildman–Crippen LogP) is 3.45. The maximum atomic E-state index is 11.5. The summed E-state index contributed by atoms with van der Waals surface area (Å²) in [5.41, 5.74) is 2.31. The third kappa shape index (κ3) is 6.14. The highest BCUT2D eigenvalue weighted by Gasteiger charge is 2.23. The van der Waals surface area contributed by atoms with Gasteiger partial charge < -0.3 is 24.4 Å². The molecule has 172 valence electrons. The van der Waals surface area contributed by atoms with Crippen LogP contribution in [0.4, 0.5) is 4.79 Å². The lowest BCUT2D eigenvalue weighted by molar-refractivity contribution is 0.0736. The summed E-state index contributed by atoms with van der Waals surface area (Å²) in [5, 5.41) is 2.68. The van der Waals surface area contributed by atoms with Crippen LogP contribution < -0.4 is 14.8 Å². The zero-order chi connectivity index (χ0) is 22.2. The molecule has 4 rings (SSSR count). The minimum absolute atomic E-state index is 0.246. The minimum Gasteiger partial charge on any atom is -0.493 e. The van der Waals surface area contributed by atoms with Crippen LogP contribution in [0.3, 0.4) is 0 Å². The molecule has 7 nitrogen and oxygen atoms in total. The normalized spacial score (nSPS) is 19.8. The Balaban J connectivity index is 1.21. The van der Waals surface area contributed by atoms with Crippen molar-refractivity contribution in [2.24, 2.45) is 0 Å². The standard InChI is InChI=1S/C25H33N3O4/c1-30-23-9-8-21(22-10-11-26-25(29)32-22)18-24(23)31-17-5-12-27-13-15-28(16-14-27)19-20-6-3-2-4-7-20/h2-4,6-9,18,22H,5,10-17,19H2,1H3,(H,26,29). The van der Waals surface area contributed by atoms with E-state index in [2.05, 4.69) is 45.4 Å². The fraction of sp³-hybridized carbons (Fsp3) is 0.480. The zero-order valence-corrected chi connectivity index (χ0v) is 18.8. The van der Waals surface area contributed by atoms with Crippen molar-refractivity contribution in [1.29, 1.82) is 0 Å². The van der Waals surface area contributed by atoms with Gasteiger partial charge in [-0.25, -0.2) is 4.79 Å². The second-order valence-electron chi connectivity index (χ2n) is 8.33. The van der Waals surface area contributed by atoms with E-state index in [1.54, 1.807) is 7.11 Å². The molecule has 2 aliphatic rings. The summed E-state index contributed by atoms with van der Waals surface area (Å²) in [6, 6.07) is 16.4. The number of benzene rings is 2. The first-order chi connectivity index (χ1) is 15.7. The van der Waals surface area contributed by atoms with Crippen LogP contribution in [0.2, 0.25) is 0 Å². The van der Waals surface area contributed by atoms with Crippen LogP contribution in [0.15, 0.2) is 48.5 Å². The van der Waals surface area contributed by atoms with Gasteiger partial charge in [-0.1, -0.05) is 36.4 Å². The van der Waals surface area contributed by atoms with Crippen molar-refractivity contribution in [3.8, 4) is 11.5 Å². The first-order valence-corrected chi connectivity index (χ1v) is 11.4. The van der Waals surface area contributed by atoms with E-state index in [1.165, 1.54) is 5.56 Å². The number of ether oxygens (including phenoxy) is 3. The lowest BCUT2D eigenvalue weighted by Gasteiger charge is -2.34. The minimum atomic E-state index is -0.372. The Kier molecular flexibility index (Phi) is 7.85. The van der Waals surface area contributed by atoms with Gasteiger partial charge in [0.1, 0.15) is 6.10 Å². The van der Waals surface area contributed by atoms with Crippen molar-refractivity contribution in [3.63, 3.8) is 0 Å². The molecule has 7 heteroatoms. The molecule has 1 amide bonds. The molecule has 2 fully saturated rings. The molecule has 2 aliphatic heterocycles. The second kappa shape index (κ2) is 11.2. The summed E-state index contributed by atoms with van der Waals surface area (Å²) >= 11 is 0. The fourth-order valence-electron chi connectivity index (χ4n) is 4.26. The summed E-state index contributed by atoms with van der Waals surface area (Å²) < 4.78 is 16.9. The van der Waals surface area contributed by atoms with Gasteiger partial charge in [-0.2, -0.15) is 0 Å². The van der Waals surface area contributed by atoms with Gasteiger partial charge in [0, 0.05) is 52.2 Å². The molecule has 0 saturated carbocycles. The van der Waals surface area contributed by atoms with Gasteiger partial charge in [-0.05, 0) is 29.7 Å². The number of nitrogens with one attached hydrogen (secondary N) is 1. The summed E-state index contributed by atoms with van der Waals surface area (Å²) in [6.07, 6.45) is 1.08. The highest BCUT2D eigenvalue weighted by molar-refractivity contribution is 5.68. The molecule has 32 heavy (non-hydrogen) atoms. The molecule has 1 unspecified atom stereocenters. The Bertz CT molecular complexity index is 869. The van der Waals surface area contributed by atoms with E-state index in [0.29, 0.717) is 24.7 Å². The topological polar surface area (TPSA) is 63.3 Å². The van der Waals surface area contributed by atoms with E-state index in [1.807, 2.05) is 18.2 Å². The number of nitrogens with zero attached hydrogens (tertiary/aromatic N) is 2. The molecule has 0 aromatic heterocycles. The van der Waals surface area contributed by atoms with E-state index in [0.717, 1.165) is 57.7 Å². The Labute approximate surface area is 190 Å². The van der Waals surface area contributed by atoms with Gasteiger partial charge in [-0.3, -0.25) is 4.90 Å². The van der Waals surface area contributed by atoms with Gasteiger partial charge in [0.25, 0.3) is 0 Å². The van der Waals surface area contributed by atoms with Gasteiger partial charge in [0.05, 0.1) is 13.7 Å². The summed E-state index contributed by atoms with van der Waals surface area (Å²) in [7, 11) is 1.64. The number of alkyl carbamates (subject to hydrolysis) is 1. The molecule has 0 spiro atoms. The van der Waals surface area contributed by atoms with E-state index in [9.17, 15) is 4.79 Å². The number of carbonyl (C=O) groups excluding carboxylic acids is 1. The predicted molar refractivity (Wildman–Crippen MR) is 123 cm³/mol. The number of hydrogen-bond acceptors (Lipinski definition) is 6. The SMILES string of the molecule is COc1ccc(C2CCNC(=O)O2)cc1OCCCN1CCN(Cc2ccccc2)CC1. The lowest BCUT2D eigenvalue weighted by Crippen LogP contribution is -2.46. The first-order valence-electron chi connectivity index (χ1n) is 11.4. The molecular weight excluding hydrogens is 406 g/mol. The van der Waals surface area contributed by atoms with Crippen LogP contribution in [0.5, 0.6) is 11.5 Å². The maximum absolute atomic E-state index is 11.5. The van der Waals surface area contributed by atoms with Gasteiger partial charge in [0.15, 0.2) is 11.5 Å². The van der Waals surface area contributed by atoms with E-state index >= 15 is 0 Å². The molecule has 0 radical (unpaired) electrons. The quantitative estimate of drug-likeness (QED) is 0.604. The number of carbonyl (C=O) groups is 1. The van der Waals surface area contributed by atoms with Crippen molar-refractivity contribution in [1.82, 2.24) is 15.1 Å². The highest BCUT2D eigenvalue weighted by Crippen LogP contribution is 2.33. The van der Waals surface area contributed by atoms with Crippen LogP contribution in [0.25, 0.3) is 0 Å². The maximum Gasteiger partial charge on any atom is 0.407 e. The van der Waals surface area contributed by atoms with Crippen molar-refractivity contribution in [2.45, 2.75) is 25.5 Å². The Hall–Kier alpha value is -2.77. The number of methoxy groups -OCH3 is 1. The zero-order valence-electron chi connectivity index (χ0n) is 18.8. The Morgan fingerprint density at radius 2 is 1.81 bits per heavy atom.